The van der Waals surface area contributed by atoms with Crippen LogP contribution >= 0.6 is 0 Å². The Morgan fingerprint density at radius 2 is 1.79 bits per heavy atom. The lowest BCUT2D eigenvalue weighted by atomic mass is 10.2. The average molecular weight is 205 g/mol. The van der Waals surface area contributed by atoms with Crippen molar-refractivity contribution in [1.82, 2.24) is 5.32 Å². The largest absolute Gasteiger partial charge is 0.396 e. The summed E-state index contributed by atoms with van der Waals surface area (Å²) in [5.74, 6) is 0. The summed E-state index contributed by atoms with van der Waals surface area (Å²) in [5, 5.41) is 11.9. The van der Waals surface area contributed by atoms with Crippen molar-refractivity contribution >= 4 is 0 Å². The van der Waals surface area contributed by atoms with Crippen LogP contribution < -0.4 is 5.32 Å². The molecule has 0 aromatic carbocycles. The van der Waals surface area contributed by atoms with E-state index in [4.69, 9.17) is 14.6 Å². The first kappa shape index (κ1) is 13.8. The van der Waals surface area contributed by atoms with Crippen molar-refractivity contribution in [1.29, 1.82) is 0 Å². The quantitative estimate of drug-likeness (QED) is 0.431. The number of aliphatic hydroxyl groups is 1. The van der Waals surface area contributed by atoms with E-state index in [1.54, 1.807) is 14.2 Å². The number of hydrogen-bond donors (Lipinski definition) is 2. The minimum absolute atomic E-state index is 0.187. The molecular formula is C10H23NO3. The Morgan fingerprint density at radius 1 is 1.14 bits per heavy atom. The Kier molecular flexibility index (Phi) is 9.29. The summed E-state index contributed by atoms with van der Waals surface area (Å²) in [6, 6.07) is 0.194. The first-order valence-corrected chi connectivity index (χ1v) is 5.16. The highest BCUT2D eigenvalue weighted by Gasteiger charge is 2.13. The van der Waals surface area contributed by atoms with Crippen molar-refractivity contribution in [2.24, 2.45) is 0 Å². The van der Waals surface area contributed by atoms with Gasteiger partial charge in [-0.15, -0.1) is 0 Å². The molecule has 4 nitrogen and oxygen atoms in total. The van der Waals surface area contributed by atoms with Gasteiger partial charge in [-0.25, -0.2) is 0 Å². The minimum Gasteiger partial charge on any atom is -0.396 e. The number of aliphatic hydroxyl groups excluding tert-OH is 1. The fourth-order valence-electron chi connectivity index (χ4n) is 1.34. The maximum Gasteiger partial charge on any atom is 0.171 e. The van der Waals surface area contributed by atoms with E-state index in [-0.39, 0.29) is 18.9 Å². The SMILES string of the molecule is COC(OC)C(C)NCCCCCO. The Morgan fingerprint density at radius 3 is 2.29 bits per heavy atom. The molecule has 0 heterocycles. The van der Waals surface area contributed by atoms with Crippen molar-refractivity contribution in [3.8, 4) is 0 Å². The maximum absolute atomic E-state index is 8.58. The topological polar surface area (TPSA) is 50.7 Å². The molecule has 0 aliphatic carbocycles. The number of nitrogens with one attached hydrogen (secondary N) is 1. The average Bonchev–Trinajstić information content (AvgIpc) is 2.19. The highest BCUT2D eigenvalue weighted by molar-refractivity contribution is 4.64. The van der Waals surface area contributed by atoms with Crippen LogP contribution in [0, 0.1) is 0 Å². The zero-order chi connectivity index (χ0) is 10.8. The smallest absolute Gasteiger partial charge is 0.171 e. The molecule has 1 atom stereocenters. The van der Waals surface area contributed by atoms with Crippen molar-refractivity contribution in [3.05, 3.63) is 0 Å². The van der Waals surface area contributed by atoms with Gasteiger partial charge in [-0.05, 0) is 32.7 Å². The first-order chi connectivity index (χ1) is 6.76. The highest BCUT2D eigenvalue weighted by Crippen LogP contribution is 1.99. The third-order valence-corrected chi connectivity index (χ3v) is 2.17. The highest BCUT2D eigenvalue weighted by atomic mass is 16.7. The van der Waals surface area contributed by atoms with Gasteiger partial charge in [0.05, 0.1) is 6.04 Å². The lowest BCUT2D eigenvalue weighted by Gasteiger charge is -2.22. The van der Waals surface area contributed by atoms with Crippen LogP contribution in [0.25, 0.3) is 0 Å². The monoisotopic (exact) mass is 205 g/mol. The van der Waals surface area contributed by atoms with Crippen molar-refractivity contribution in [2.45, 2.75) is 38.5 Å². The zero-order valence-electron chi connectivity index (χ0n) is 9.45. The van der Waals surface area contributed by atoms with Crippen LogP contribution in [-0.2, 0) is 9.47 Å². The predicted octanol–water partition coefficient (Wildman–Crippen LogP) is 0.746. The first-order valence-electron chi connectivity index (χ1n) is 5.16. The van der Waals surface area contributed by atoms with Crippen LogP contribution in [0.15, 0.2) is 0 Å². The van der Waals surface area contributed by atoms with E-state index >= 15 is 0 Å². The fraction of sp³-hybridized carbons (Fsp3) is 1.00. The molecule has 0 radical (unpaired) electrons. The Bertz CT molecular complexity index is 118. The number of hydrogen-bond acceptors (Lipinski definition) is 4. The van der Waals surface area contributed by atoms with Crippen LogP contribution in [0.5, 0.6) is 0 Å². The standard InChI is InChI=1S/C10H23NO3/c1-9(10(13-2)14-3)11-7-5-4-6-8-12/h9-12H,4-8H2,1-3H3. The van der Waals surface area contributed by atoms with E-state index in [9.17, 15) is 0 Å². The van der Waals surface area contributed by atoms with Gasteiger partial charge in [0.25, 0.3) is 0 Å². The van der Waals surface area contributed by atoms with Gasteiger partial charge in [-0.3, -0.25) is 0 Å². The van der Waals surface area contributed by atoms with E-state index in [0.717, 1.165) is 25.8 Å². The Balaban J connectivity index is 3.37. The summed E-state index contributed by atoms with van der Waals surface area (Å²) in [5.41, 5.74) is 0. The molecule has 4 heteroatoms. The van der Waals surface area contributed by atoms with Gasteiger partial charge >= 0.3 is 0 Å². The second kappa shape index (κ2) is 9.40. The minimum atomic E-state index is -0.187. The maximum atomic E-state index is 8.58. The Hall–Kier alpha value is -0.160. The summed E-state index contributed by atoms with van der Waals surface area (Å²) < 4.78 is 10.2. The molecular weight excluding hydrogens is 182 g/mol. The summed E-state index contributed by atoms with van der Waals surface area (Å²) in [6.07, 6.45) is 2.83. The van der Waals surface area contributed by atoms with Crippen LogP contribution in [0.3, 0.4) is 0 Å². The molecule has 0 aromatic heterocycles. The molecule has 0 rings (SSSR count). The molecule has 0 amide bonds. The molecule has 0 fully saturated rings. The zero-order valence-corrected chi connectivity index (χ0v) is 9.45. The molecule has 0 spiro atoms. The van der Waals surface area contributed by atoms with Gasteiger partial charge in [0.2, 0.25) is 0 Å². The lowest BCUT2D eigenvalue weighted by molar-refractivity contribution is -0.119. The normalized spacial score (nSPS) is 13.5. The summed E-state index contributed by atoms with van der Waals surface area (Å²) >= 11 is 0. The summed E-state index contributed by atoms with van der Waals surface area (Å²) in [6.45, 7) is 3.25. The Labute approximate surface area is 86.6 Å². The summed E-state index contributed by atoms with van der Waals surface area (Å²) in [7, 11) is 3.27. The molecule has 0 saturated heterocycles. The number of ether oxygens (including phenoxy) is 2. The molecule has 0 aliphatic heterocycles. The van der Waals surface area contributed by atoms with Gasteiger partial charge in [0.1, 0.15) is 0 Å². The van der Waals surface area contributed by atoms with Crippen LogP contribution in [-0.4, -0.2) is 44.8 Å². The van der Waals surface area contributed by atoms with Crippen molar-refractivity contribution in [2.75, 3.05) is 27.4 Å². The van der Waals surface area contributed by atoms with Gasteiger partial charge in [-0.2, -0.15) is 0 Å². The van der Waals surface area contributed by atoms with Gasteiger partial charge in [0, 0.05) is 20.8 Å². The number of methoxy groups -OCH3 is 2. The van der Waals surface area contributed by atoms with Crippen molar-refractivity contribution in [3.63, 3.8) is 0 Å². The third kappa shape index (κ3) is 6.32. The van der Waals surface area contributed by atoms with Gasteiger partial charge in [0.15, 0.2) is 6.29 Å². The van der Waals surface area contributed by atoms with Crippen LogP contribution in [0.2, 0.25) is 0 Å². The van der Waals surface area contributed by atoms with Gasteiger partial charge < -0.3 is 19.9 Å². The summed E-state index contributed by atoms with van der Waals surface area (Å²) in [4.78, 5) is 0. The van der Waals surface area contributed by atoms with E-state index in [1.807, 2.05) is 6.92 Å². The van der Waals surface area contributed by atoms with E-state index in [1.165, 1.54) is 0 Å². The predicted molar refractivity (Wildman–Crippen MR) is 56.2 cm³/mol. The second-order valence-electron chi connectivity index (χ2n) is 3.37. The molecule has 0 aromatic rings. The van der Waals surface area contributed by atoms with Crippen LogP contribution in [0.4, 0.5) is 0 Å². The molecule has 14 heavy (non-hydrogen) atoms. The third-order valence-electron chi connectivity index (χ3n) is 2.17. The van der Waals surface area contributed by atoms with E-state index in [2.05, 4.69) is 5.32 Å². The van der Waals surface area contributed by atoms with E-state index < -0.39 is 0 Å². The molecule has 0 saturated carbocycles. The molecule has 0 bridgehead atoms. The second-order valence-corrected chi connectivity index (χ2v) is 3.37. The molecule has 86 valence electrons. The lowest BCUT2D eigenvalue weighted by Crippen LogP contribution is -2.40. The molecule has 1 unspecified atom stereocenters. The van der Waals surface area contributed by atoms with Crippen molar-refractivity contribution < 1.29 is 14.6 Å². The van der Waals surface area contributed by atoms with E-state index in [0.29, 0.717) is 0 Å². The molecule has 2 N–H and O–H groups in total. The number of rotatable bonds is 9. The number of unbranched alkanes of at least 4 members (excludes halogenated alkanes) is 2. The fourth-order valence-corrected chi connectivity index (χ4v) is 1.34. The van der Waals surface area contributed by atoms with Crippen LogP contribution in [0.1, 0.15) is 26.2 Å². The molecule has 0 aliphatic rings. The van der Waals surface area contributed by atoms with Gasteiger partial charge in [-0.1, -0.05) is 0 Å².